The lowest BCUT2D eigenvalue weighted by molar-refractivity contribution is 0.102. The van der Waals surface area contributed by atoms with Crippen LogP contribution < -0.4 is 5.32 Å². The number of nitrogens with one attached hydrogen (secondary N) is 1. The smallest absolute Gasteiger partial charge is 0.275 e. The number of carbonyl (C=O) groups is 1. The molecule has 134 valence electrons. The van der Waals surface area contributed by atoms with Gasteiger partial charge >= 0.3 is 0 Å². The number of benzene rings is 2. The molecule has 0 radical (unpaired) electrons. The van der Waals surface area contributed by atoms with E-state index in [1.807, 2.05) is 31.2 Å². The number of halogens is 1. The van der Waals surface area contributed by atoms with Crippen LogP contribution in [-0.2, 0) is 9.84 Å². The molecule has 1 N–H and O–H groups in total. The molecule has 0 saturated carbocycles. The van der Waals surface area contributed by atoms with Crippen molar-refractivity contribution in [2.45, 2.75) is 11.8 Å². The topological polar surface area (TPSA) is 76.1 Å². The number of carbonyl (C=O) groups excluding carboxylic acids is 1. The third-order valence-corrected chi connectivity index (χ3v) is 5.65. The van der Waals surface area contributed by atoms with Gasteiger partial charge in [-0.25, -0.2) is 17.8 Å². The van der Waals surface area contributed by atoms with E-state index >= 15 is 0 Å². The lowest BCUT2D eigenvalue weighted by Crippen LogP contribution is -2.14. The van der Waals surface area contributed by atoms with Crippen LogP contribution >= 0.6 is 11.3 Å². The highest BCUT2D eigenvalue weighted by Crippen LogP contribution is 2.25. The molecule has 0 unspecified atom stereocenters. The van der Waals surface area contributed by atoms with E-state index in [4.69, 9.17) is 0 Å². The SMILES string of the molecule is Cc1ccc(-c2nc(C(=O)Nc3cc(S(C)(=O)=O)ccc3F)cs2)cc1. The zero-order valence-corrected chi connectivity index (χ0v) is 15.6. The van der Waals surface area contributed by atoms with Crippen LogP contribution in [0.15, 0.2) is 52.7 Å². The summed E-state index contributed by atoms with van der Waals surface area (Å²) in [5, 5.41) is 4.62. The van der Waals surface area contributed by atoms with E-state index < -0.39 is 21.6 Å². The number of amides is 1. The minimum Gasteiger partial charge on any atom is -0.318 e. The van der Waals surface area contributed by atoms with Gasteiger partial charge in [0, 0.05) is 17.2 Å². The molecule has 0 saturated heterocycles. The Morgan fingerprint density at radius 3 is 2.50 bits per heavy atom. The van der Waals surface area contributed by atoms with Crippen molar-refractivity contribution in [2.75, 3.05) is 11.6 Å². The lowest BCUT2D eigenvalue weighted by Gasteiger charge is -2.07. The van der Waals surface area contributed by atoms with Gasteiger partial charge in [-0.3, -0.25) is 4.79 Å². The molecular formula is C18H15FN2O3S2. The van der Waals surface area contributed by atoms with Crippen LogP contribution in [0, 0.1) is 12.7 Å². The predicted molar refractivity (Wildman–Crippen MR) is 99.8 cm³/mol. The Balaban J connectivity index is 1.84. The molecule has 8 heteroatoms. The maximum atomic E-state index is 13.9. The fourth-order valence-corrected chi connectivity index (χ4v) is 3.68. The second-order valence-corrected chi connectivity index (χ2v) is 8.65. The summed E-state index contributed by atoms with van der Waals surface area (Å²) in [7, 11) is -3.51. The van der Waals surface area contributed by atoms with E-state index in [2.05, 4.69) is 10.3 Å². The number of aryl methyl sites for hydroxylation is 1. The van der Waals surface area contributed by atoms with Gasteiger partial charge in [-0.1, -0.05) is 29.8 Å². The maximum Gasteiger partial charge on any atom is 0.275 e. The number of hydrogen-bond acceptors (Lipinski definition) is 5. The largest absolute Gasteiger partial charge is 0.318 e. The Kier molecular flexibility index (Phi) is 4.88. The summed E-state index contributed by atoms with van der Waals surface area (Å²) in [6, 6.07) is 11.0. The fourth-order valence-electron chi connectivity index (χ4n) is 2.22. The van der Waals surface area contributed by atoms with Gasteiger partial charge in [0.15, 0.2) is 9.84 Å². The van der Waals surface area contributed by atoms with Crippen molar-refractivity contribution in [3.8, 4) is 10.6 Å². The van der Waals surface area contributed by atoms with Crippen molar-refractivity contribution in [3.63, 3.8) is 0 Å². The van der Waals surface area contributed by atoms with E-state index in [1.54, 1.807) is 5.38 Å². The highest BCUT2D eigenvalue weighted by Gasteiger charge is 2.16. The molecule has 3 aromatic rings. The zero-order chi connectivity index (χ0) is 18.9. The van der Waals surface area contributed by atoms with Gasteiger partial charge in [-0.15, -0.1) is 11.3 Å². The normalized spacial score (nSPS) is 11.3. The summed E-state index contributed by atoms with van der Waals surface area (Å²) in [4.78, 5) is 16.5. The molecule has 1 aromatic heterocycles. The number of sulfone groups is 1. The lowest BCUT2D eigenvalue weighted by atomic mass is 10.2. The maximum absolute atomic E-state index is 13.9. The van der Waals surface area contributed by atoms with E-state index in [0.717, 1.165) is 35.6 Å². The van der Waals surface area contributed by atoms with Crippen LogP contribution in [0.5, 0.6) is 0 Å². The van der Waals surface area contributed by atoms with Crippen LogP contribution in [0.25, 0.3) is 10.6 Å². The van der Waals surface area contributed by atoms with Gasteiger partial charge in [0.1, 0.15) is 16.5 Å². The summed E-state index contributed by atoms with van der Waals surface area (Å²) >= 11 is 1.30. The van der Waals surface area contributed by atoms with Crippen molar-refractivity contribution < 1.29 is 17.6 Å². The number of rotatable bonds is 4. The molecule has 0 aliphatic rings. The van der Waals surface area contributed by atoms with Crippen LogP contribution in [0.3, 0.4) is 0 Å². The first-order valence-corrected chi connectivity index (χ1v) is 10.3. The molecule has 5 nitrogen and oxygen atoms in total. The monoisotopic (exact) mass is 390 g/mol. The Bertz CT molecular complexity index is 1070. The third kappa shape index (κ3) is 3.97. The highest BCUT2D eigenvalue weighted by molar-refractivity contribution is 7.90. The van der Waals surface area contributed by atoms with Crippen molar-refractivity contribution in [3.05, 3.63) is 64.9 Å². The Hall–Kier alpha value is -2.58. The second-order valence-electron chi connectivity index (χ2n) is 5.77. The molecular weight excluding hydrogens is 375 g/mol. The first-order chi connectivity index (χ1) is 12.2. The summed E-state index contributed by atoms with van der Waals surface area (Å²) in [5.41, 5.74) is 1.92. The first-order valence-electron chi connectivity index (χ1n) is 7.57. The molecule has 3 rings (SSSR count). The van der Waals surface area contributed by atoms with Crippen molar-refractivity contribution in [1.29, 1.82) is 0 Å². The van der Waals surface area contributed by atoms with Gasteiger partial charge in [0.2, 0.25) is 0 Å². The zero-order valence-electron chi connectivity index (χ0n) is 14.0. The molecule has 0 bridgehead atoms. The quantitative estimate of drug-likeness (QED) is 0.685. The molecule has 26 heavy (non-hydrogen) atoms. The summed E-state index contributed by atoms with van der Waals surface area (Å²) < 4.78 is 37.1. The first kappa shape index (κ1) is 18.2. The average Bonchev–Trinajstić information content (AvgIpc) is 3.06. The molecule has 2 aromatic carbocycles. The van der Waals surface area contributed by atoms with Gasteiger partial charge in [0.05, 0.1) is 10.6 Å². The van der Waals surface area contributed by atoms with E-state index in [-0.39, 0.29) is 16.3 Å². The number of thiazole rings is 1. The Morgan fingerprint density at radius 2 is 1.85 bits per heavy atom. The molecule has 0 aliphatic heterocycles. The van der Waals surface area contributed by atoms with E-state index in [0.29, 0.717) is 5.01 Å². The fraction of sp³-hybridized carbons (Fsp3) is 0.111. The predicted octanol–water partition coefficient (Wildman–Crippen LogP) is 3.91. The minimum absolute atomic E-state index is 0.0761. The average molecular weight is 390 g/mol. The molecule has 0 spiro atoms. The van der Waals surface area contributed by atoms with Crippen LogP contribution in [0.1, 0.15) is 16.1 Å². The summed E-state index contributed by atoms with van der Waals surface area (Å²) in [6.45, 7) is 1.98. The Morgan fingerprint density at radius 1 is 1.15 bits per heavy atom. The van der Waals surface area contributed by atoms with E-state index in [1.165, 1.54) is 11.3 Å². The molecule has 0 atom stereocenters. The van der Waals surface area contributed by atoms with Gasteiger partial charge in [-0.05, 0) is 25.1 Å². The summed E-state index contributed by atoms with van der Waals surface area (Å²) in [5.74, 6) is -1.33. The third-order valence-electron chi connectivity index (χ3n) is 3.65. The Labute approximate surface area is 154 Å². The molecule has 1 amide bonds. The number of hydrogen-bond donors (Lipinski definition) is 1. The number of anilines is 1. The molecule has 0 aliphatic carbocycles. The highest BCUT2D eigenvalue weighted by atomic mass is 32.2. The van der Waals surface area contributed by atoms with Crippen molar-refractivity contribution in [1.82, 2.24) is 4.98 Å². The summed E-state index contributed by atoms with van der Waals surface area (Å²) in [6.07, 6.45) is 1.01. The minimum atomic E-state index is -3.51. The van der Waals surface area contributed by atoms with Crippen LogP contribution in [0.2, 0.25) is 0 Å². The molecule has 0 fully saturated rings. The molecule has 1 heterocycles. The standard InChI is InChI=1S/C18H15FN2O3S2/c1-11-3-5-12(6-4-11)18-21-16(10-25-18)17(22)20-15-9-13(26(2,23)24)7-8-14(15)19/h3-10H,1-2H3,(H,20,22). The van der Waals surface area contributed by atoms with Gasteiger partial charge in [-0.2, -0.15) is 0 Å². The van der Waals surface area contributed by atoms with Crippen LogP contribution in [-0.4, -0.2) is 25.6 Å². The van der Waals surface area contributed by atoms with E-state index in [9.17, 15) is 17.6 Å². The van der Waals surface area contributed by atoms with Gasteiger partial charge in [0.25, 0.3) is 5.91 Å². The van der Waals surface area contributed by atoms with Crippen LogP contribution in [0.4, 0.5) is 10.1 Å². The number of aromatic nitrogens is 1. The van der Waals surface area contributed by atoms with Crippen molar-refractivity contribution in [2.24, 2.45) is 0 Å². The second kappa shape index (κ2) is 6.97. The van der Waals surface area contributed by atoms with Crippen molar-refractivity contribution >= 4 is 32.8 Å². The van der Waals surface area contributed by atoms with Gasteiger partial charge < -0.3 is 5.32 Å². The number of nitrogens with zero attached hydrogens (tertiary/aromatic N) is 1.